The fourth-order valence-corrected chi connectivity index (χ4v) is 6.63. The minimum Gasteiger partial charge on any atom is -0.493 e. The Morgan fingerprint density at radius 1 is 1.02 bits per heavy atom. The molecule has 1 atom stereocenters. The quantitative estimate of drug-likeness (QED) is 0.258. The Bertz CT molecular complexity index is 1450. The van der Waals surface area contributed by atoms with Gasteiger partial charge in [0, 0.05) is 42.5 Å². The molecule has 1 fully saturated rings. The van der Waals surface area contributed by atoms with Gasteiger partial charge < -0.3 is 24.6 Å². The van der Waals surface area contributed by atoms with Gasteiger partial charge in [-0.3, -0.25) is 9.59 Å². The molecule has 0 saturated heterocycles. The standard InChI is InChI=1S/C36H44ClN3O4/c1-6-34(41)38-28-13-7-24(8-14-28)22-39(4)29-15-17-30(18-16-29)40-35(42)20-26-19-32(43-5)33(44-23(2)3)21-31(26)36(40)25-9-11-27(37)12-10-25/h9-12,15-19,21,23-24,28,36H,6-8,13-14,20,22H2,1-5H3,(H,38,41)/t24?,28?,36-/m0/s1. The van der Waals surface area contributed by atoms with Crippen LogP contribution in [0.2, 0.25) is 5.02 Å². The minimum atomic E-state index is -0.351. The number of rotatable bonds is 10. The Balaban J connectivity index is 1.39. The summed E-state index contributed by atoms with van der Waals surface area (Å²) in [6, 6.07) is 19.9. The summed E-state index contributed by atoms with van der Waals surface area (Å²) in [5.74, 6) is 2.03. The summed E-state index contributed by atoms with van der Waals surface area (Å²) in [6.45, 7) is 6.83. The molecule has 2 aliphatic rings. The van der Waals surface area contributed by atoms with Gasteiger partial charge >= 0.3 is 0 Å². The molecule has 2 amide bonds. The summed E-state index contributed by atoms with van der Waals surface area (Å²) >= 11 is 6.27. The van der Waals surface area contributed by atoms with E-state index >= 15 is 0 Å². The lowest BCUT2D eigenvalue weighted by molar-refractivity contribution is -0.121. The predicted octanol–water partition coefficient (Wildman–Crippen LogP) is 7.34. The first-order valence-electron chi connectivity index (χ1n) is 15.7. The lowest BCUT2D eigenvalue weighted by Gasteiger charge is -2.38. The molecule has 0 spiro atoms. The molecule has 1 N–H and O–H groups in total. The molecule has 5 rings (SSSR count). The van der Waals surface area contributed by atoms with E-state index in [0.29, 0.717) is 34.9 Å². The number of anilines is 2. The highest BCUT2D eigenvalue weighted by Gasteiger charge is 2.36. The van der Waals surface area contributed by atoms with E-state index in [4.69, 9.17) is 21.1 Å². The Morgan fingerprint density at radius 3 is 2.32 bits per heavy atom. The molecule has 1 aliphatic carbocycles. The van der Waals surface area contributed by atoms with Crippen LogP contribution in [0.4, 0.5) is 11.4 Å². The molecule has 1 heterocycles. The topological polar surface area (TPSA) is 71.1 Å². The van der Waals surface area contributed by atoms with Gasteiger partial charge in [-0.2, -0.15) is 0 Å². The number of amides is 2. The maximum atomic E-state index is 13.9. The van der Waals surface area contributed by atoms with Crippen molar-refractivity contribution in [3.05, 3.63) is 82.4 Å². The van der Waals surface area contributed by atoms with Crippen LogP contribution in [0.25, 0.3) is 0 Å². The lowest BCUT2D eigenvalue weighted by Crippen LogP contribution is -2.41. The van der Waals surface area contributed by atoms with Crippen LogP contribution in [0.15, 0.2) is 60.7 Å². The van der Waals surface area contributed by atoms with Gasteiger partial charge in [-0.1, -0.05) is 30.7 Å². The minimum absolute atomic E-state index is 0.0186. The predicted molar refractivity (Wildman–Crippen MR) is 177 cm³/mol. The van der Waals surface area contributed by atoms with E-state index in [2.05, 4.69) is 29.4 Å². The van der Waals surface area contributed by atoms with Gasteiger partial charge in [0.2, 0.25) is 11.8 Å². The van der Waals surface area contributed by atoms with Crippen LogP contribution in [-0.2, 0) is 16.0 Å². The second-order valence-corrected chi connectivity index (χ2v) is 12.7. The fourth-order valence-electron chi connectivity index (χ4n) is 6.51. The number of fused-ring (bicyclic) bond motifs is 1. The van der Waals surface area contributed by atoms with Crippen LogP contribution in [0.1, 0.15) is 75.6 Å². The van der Waals surface area contributed by atoms with Gasteiger partial charge in [-0.15, -0.1) is 0 Å². The number of hydrogen-bond acceptors (Lipinski definition) is 5. The Hall–Kier alpha value is -3.71. The van der Waals surface area contributed by atoms with E-state index in [-0.39, 0.29) is 30.4 Å². The second-order valence-electron chi connectivity index (χ2n) is 12.3. The van der Waals surface area contributed by atoms with Crippen LogP contribution in [0.3, 0.4) is 0 Å². The number of carbonyl (C=O) groups excluding carboxylic acids is 2. The van der Waals surface area contributed by atoms with E-state index in [1.54, 1.807) is 7.11 Å². The smallest absolute Gasteiger partial charge is 0.232 e. The van der Waals surface area contributed by atoms with Gasteiger partial charge in [-0.05, 0) is 111 Å². The Labute approximate surface area is 266 Å². The molecule has 234 valence electrons. The fraction of sp³-hybridized carbons (Fsp3) is 0.444. The number of nitrogens with zero attached hydrogens (tertiary/aromatic N) is 2. The molecule has 7 nitrogen and oxygen atoms in total. The van der Waals surface area contributed by atoms with Crippen molar-refractivity contribution in [2.24, 2.45) is 5.92 Å². The summed E-state index contributed by atoms with van der Waals surface area (Å²) < 4.78 is 11.8. The van der Waals surface area contributed by atoms with Gasteiger partial charge in [-0.25, -0.2) is 0 Å². The summed E-state index contributed by atoms with van der Waals surface area (Å²) in [4.78, 5) is 29.8. The summed E-state index contributed by atoms with van der Waals surface area (Å²) in [6.07, 6.45) is 5.05. The molecular weight excluding hydrogens is 574 g/mol. The highest BCUT2D eigenvalue weighted by molar-refractivity contribution is 6.30. The van der Waals surface area contributed by atoms with Crippen LogP contribution >= 0.6 is 11.6 Å². The van der Waals surface area contributed by atoms with Crippen LogP contribution < -0.4 is 24.6 Å². The van der Waals surface area contributed by atoms with Crippen LogP contribution in [-0.4, -0.2) is 44.7 Å². The molecule has 0 radical (unpaired) electrons. The van der Waals surface area contributed by atoms with Gasteiger partial charge in [0.15, 0.2) is 11.5 Å². The number of benzene rings is 3. The third-order valence-electron chi connectivity index (χ3n) is 8.77. The van der Waals surface area contributed by atoms with Crippen LogP contribution in [0.5, 0.6) is 11.5 Å². The SMILES string of the molecule is CCC(=O)NC1CCC(CN(C)c2ccc(N3C(=O)Cc4cc(OC)c(OC(C)C)cc4[C@@H]3c3ccc(Cl)cc3)cc2)CC1. The summed E-state index contributed by atoms with van der Waals surface area (Å²) in [5.41, 5.74) is 4.86. The van der Waals surface area contributed by atoms with Crippen molar-refractivity contribution in [3.8, 4) is 11.5 Å². The molecule has 1 saturated carbocycles. The van der Waals surface area contributed by atoms with Gasteiger partial charge in [0.1, 0.15) is 0 Å². The zero-order valence-electron chi connectivity index (χ0n) is 26.4. The number of ether oxygens (including phenoxy) is 2. The van der Waals surface area contributed by atoms with Crippen molar-refractivity contribution in [3.63, 3.8) is 0 Å². The van der Waals surface area contributed by atoms with Crippen molar-refractivity contribution in [1.82, 2.24) is 5.32 Å². The highest BCUT2D eigenvalue weighted by atomic mass is 35.5. The Morgan fingerprint density at radius 2 is 1.70 bits per heavy atom. The lowest BCUT2D eigenvalue weighted by atomic mass is 9.85. The molecule has 3 aromatic rings. The first-order chi connectivity index (χ1) is 21.2. The van der Waals surface area contributed by atoms with Crippen molar-refractivity contribution in [2.45, 2.75) is 77.5 Å². The van der Waals surface area contributed by atoms with E-state index in [1.165, 1.54) is 0 Å². The van der Waals surface area contributed by atoms with Crippen molar-refractivity contribution in [2.75, 3.05) is 30.5 Å². The number of carbonyl (C=O) groups is 2. The number of halogens is 1. The third-order valence-corrected chi connectivity index (χ3v) is 9.02. The van der Waals surface area contributed by atoms with Crippen molar-refractivity contribution < 1.29 is 19.1 Å². The molecule has 8 heteroatoms. The average Bonchev–Trinajstić information content (AvgIpc) is 3.01. The largest absolute Gasteiger partial charge is 0.493 e. The number of hydrogen-bond donors (Lipinski definition) is 1. The van der Waals surface area contributed by atoms with Gasteiger partial charge in [0.05, 0.1) is 25.7 Å². The van der Waals surface area contributed by atoms with E-state index in [9.17, 15) is 9.59 Å². The highest BCUT2D eigenvalue weighted by Crippen LogP contribution is 2.44. The zero-order valence-corrected chi connectivity index (χ0v) is 27.2. The molecule has 3 aromatic carbocycles. The third kappa shape index (κ3) is 7.15. The average molecular weight is 618 g/mol. The van der Waals surface area contributed by atoms with Crippen molar-refractivity contribution >= 4 is 34.8 Å². The molecule has 1 aliphatic heterocycles. The van der Waals surface area contributed by atoms with E-state index in [0.717, 1.165) is 60.3 Å². The molecule has 0 aromatic heterocycles. The first-order valence-corrected chi connectivity index (χ1v) is 16.1. The summed E-state index contributed by atoms with van der Waals surface area (Å²) in [7, 11) is 3.75. The monoisotopic (exact) mass is 617 g/mol. The van der Waals surface area contributed by atoms with Crippen molar-refractivity contribution in [1.29, 1.82) is 0 Å². The Kier molecular flexibility index (Phi) is 10.0. The normalized spacial score (nSPS) is 19.8. The molecule has 0 unspecified atom stereocenters. The molecule has 44 heavy (non-hydrogen) atoms. The van der Waals surface area contributed by atoms with E-state index in [1.807, 2.05) is 74.2 Å². The number of methoxy groups -OCH3 is 1. The molecular formula is C36H44ClN3O4. The molecule has 0 bridgehead atoms. The maximum Gasteiger partial charge on any atom is 0.232 e. The van der Waals surface area contributed by atoms with Crippen LogP contribution in [0, 0.1) is 5.92 Å². The first kappa shape index (κ1) is 31.7. The zero-order chi connectivity index (χ0) is 31.4. The van der Waals surface area contributed by atoms with Gasteiger partial charge in [0.25, 0.3) is 0 Å². The maximum absolute atomic E-state index is 13.9. The summed E-state index contributed by atoms with van der Waals surface area (Å²) in [5, 5.41) is 3.80. The number of nitrogens with one attached hydrogen (secondary N) is 1. The van der Waals surface area contributed by atoms with E-state index < -0.39 is 0 Å². The second kappa shape index (κ2) is 13.9.